The Kier molecular flexibility index (Phi) is 5.27. The van der Waals surface area contributed by atoms with Crippen molar-refractivity contribution in [2.45, 2.75) is 32.7 Å². The van der Waals surface area contributed by atoms with Crippen molar-refractivity contribution in [3.63, 3.8) is 0 Å². The average Bonchev–Trinajstić information content (AvgIpc) is 3.49. The molecule has 2 aromatic carbocycles. The minimum absolute atomic E-state index is 0.0803. The Bertz CT molecular complexity index is 1520. The van der Waals surface area contributed by atoms with Gasteiger partial charge in [0.05, 0.1) is 4.01 Å². The van der Waals surface area contributed by atoms with E-state index >= 15 is 0 Å². The maximum atomic E-state index is 13.6. The van der Waals surface area contributed by atoms with E-state index in [2.05, 4.69) is 36.7 Å². The number of hydrogen-bond donors (Lipinski definition) is 1. The first-order chi connectivity index (χ1) is 16.6. The van der Waals surface area contributed by atoms with Crippen molar-refractivity contribution in [2.24, 2.45) is 0 Å². The highest BCUT2D eigenvalue weighted by atomic mass is 32.2. The standard InChI is InChI=1S/C28H23N3OS2/c1-17-16-33-28-25(17)18(2)24(34-28)14-22-27(32)31-15-23(20-11-7-4-8-12-20)29-21(26(31)30-22)13-19-9-5-3-6-10-19/h3-12,15-16,22H,13-14H2,1-2H3/p+1. The molecule has 1 aliphatic heterocycles. The fraction of sp³-hybridized carbons (Fsp3) is 0.179. The van der Waals surface area contributed by atoms with Crippen LogP contribution in [0.3, 0.4) is 0 Å². The molecule has 6 rings (SSSR count). The van der Waals surface area contributed by atoms with Crippen molar-refractivity contribution in [2.75, 3.05) is 5.32 Å². The second kappa shape index (κ2) is 8.46. The number of nitrogens with one attached hydrogen (secondary N) is 1. The zero-order chi connectivity index (χ0) is 23.2. The highest BCUT2D eigenvalue weighted by Gasteiger charge is 2.41. The first-order valence-corrected chi connectivity index (χ1v) is 13.1. The van der Waals surface area contributed by atoms with Crippen molar-refractivity contribution in [1.82, 2.24) is 4.98 Å². The van der Waals surface area contributed by atoms with Crippen LogP contribution < -0.4 is 9.88 Å². The zero-order valence-corrected chi connectivity index (χ0v) is 20.7. The number of aromatic nitrogens is 2. The predicted molar refractivity (Wildman–Crippen MR) is 140 cm³/mol. The number of carbonyl (C=O) groups is 1. The number of anilines is 1. The fourth-order valence-electron chi connectivity index (χ4n) is 4.73. The number of carbonyl (C=O) groups excluding carboxylic acids is 1. The second-order valence-electron chi connectivity index (χ2n) is 8.79. The van der Waals surface area contributed by atoms with Crippen LogP contribution >= 0.6 is 22.7 Å². The lowest BCUT2D eigenvalue weighted by Crippen LogP contribution is -2.44. The molecule has 0 aliphatic carbocycles. The van der Waals surface area contributed by atoms with E-state index < -0.39 is 0 Å². The van der Waals surface area contributed by atoms with E-state index in [4.69, 9.17) is 4.98 Å². The molecule has 4 heterocycles. The van der Waals surface area contributed by atoms with E-state index in [0.29, 0.717) is 12.8 Å². The van der Waals surface area contributed by atoms with Crippen LogP contribution in [0.25, 0.3) is 20.7 Å². The second-order valence-corrected chi connectivity index (χ2v) is 11.0. The molecule has 6 heteroatoms. The summed E-state index contributed by atoms with van der Waals surface area (Å²) in [4.78, 5) is 19.9. The molecule has 3 aromatic heterocycles. The normalized spacial score (nSPS) is 15.0. The summed E-state index contributed by atoms with van der Waals surface area (Å²) in [6, 6.07) is 20.1. The summed E-state index contributed by atoms with van der Waals surface area (Å²) >= 11 is 3.62. The van der Waals surface area contributed by atoms with Gasteiger partial charge in [-0.3, -0.25) is 5.32 Å². The van der Waals surface area contributed by atoms with Crippen LogP contribution in [0.1, 0.15) is 32.1 Å². The van der Waals surface area contributed by atoms with Gasteiger partial charge in [0, 0.05) is 28.7 Å². The van der Waals surface area contributed by atoms with Crippen LogP contribution in [-0.4, -0.2) is 16.9 Å². The van der Waals surface area contributed by atoms with Crippen LogP contribution in [0.15, 0.2) is 72.2 Å². The van der Waals surface area contributed by atoms with Gasteiger partial charge in [-0.1, -0.05) is 60.7 Å². The van der Waals surface area contributed by atoms with Gasteiger partial charge in [-0.05, 0) is 35.9 Å². The number of fused-ring (bicyclic) bond motifs is 2. The summed E-state index contributed by atoms with van der Waals surface area (Å²) in [5, 5.41) is 7.12. The summed E-state index contributed by atoms with van der Waals surface area (Å²) in [5.41, 5.74) is 6.52. The highest BCUT2D eigenvalue weighted by molar-refractivity contribution is 7.37. The Hall–Kier alpha value is -3.35. The lowest BCUT2D eigenvalue weighted by atomic mass is 10.1. The Morgan fingerprint density at radius 3 is 2.50 bits per heavy atom. The third-order valence-corrected chi connectivity index (χ3v) is 9.03. The van der Waals surface area contributed by atoms with Gasteiger partial charge >= 0.3 is 11.7 Å². The first-order valence-electron chi connectivity index (χ1n) is 11.4. The number of rotatable bonds is 5. The first kappa shape index (κ1) is 21.2. The van der Waals surface area contributed by atoms with Crippen LogP contribution in [-0.2, 0) is 12.8 Å². The molecule has 0 saturated heterocycles. The number of thiophene rings is 2. The molecule has 34 heavy (non-hydrogen) atoms. The molecule has 0 bridgehead atoms. The van der Waals surface area contributed by atoms with Gasteiger partial charge < -0.3 is 0 Å². The van der Waals surface area contributed by atoms with Gasteiger partial charge in [-0.25, -0.2) is 9.78 Å². The van der Waals surface area contributed by atoms with Gasteiger partial charge in [-0.2, -0.15) is 4.57 Å². The van der Waals surface area contributed by atoms with E-state index in [1.807, 2.05) is 66.1 Å². The summed E-state index contributed by atoms with van der Waals surface area (Å²) < 4.78 is 3.13. The molecular formula is C28H24N3OS2+. The minimum atomic E-state index is -0.297. The van der Waals surface area contributed by atoms with Crippen LogP contribution in [0.5, 0.6) is 0 Å². The predicted octanol–water partition coefficient (Wildman–Crippen LogP) is 6.20. The molecule has 1 unspecified atom stereocenters. The number of nitrogens with zero attached hydrogens (tertiary/aromatic N) is 2. The molecule has 0 amide bonds. The van der Waals surface area contributed by atoms with E-state index in [9.17, 15) is 4.79 Å². The molecule has 168 valence electrons. The summed E-state index contributed by atoms with van der Waals surface area (Å²) in [6.07, 6.45) is 3.23. The van der Waals surface area contributed by atoms with Crippen LogP contribution in [0.2, 0.25) is 0 Å². The monoisotopic (exact) mass is 482 g/mol. The quantitative estimate of drug-likeness (QED) is 0.304. The Labute approximate surface area is 206 Å². The van der Waals surface area contributed by atoms with Crippen molar-refractivity contribution in [3.8, 4) is 11.3 Å². The molecule has 0 fully saturated rings. The maximum Gasteiger partial charge on any atom is 0.359 e. The average molecular weight is 483 g/mol. The zero-order valence-electron chi connectivity index (χ0n) is 19.0. The lowest BCUT2D eigenvalue weighted by molar-refractivity contribution is -0.552. The summed E-state index contributed by atoms with van der Waals surface area (Å²) in [6.45, 7) is 4.35. The van der Waals surface area contributed by atoms with Gasteiger partial charge in [0.1, 0.15) is 17.6 Å². The topological polar surface area (TPSA) is 45.9 Å². The van der Waals surface area contributed by atoms with Crippen molar-refractivity contribution < 1.29 is 9.36 Å². The molecule has 0 radical (unpaired) electrons. The Morgan fingerprint density at radius 1 is 1.03 bits per heavy atom. The fourth-order valence-corrected chi connectivity index (χ4v) is 7.34. The molecule has 0 spiro atoms. The van der Waals surface area contributed by atoms with E-state index in [1.54, 1.807) is 15.9 Å². The Balaban J connectivity index is 1.39. The molecule has 0 saturated carbocycles. The molecule has 1 N–H and O–H groups in total. The van der Waals surface area contributed by atoms with Crippen LogP contribution in [0, 0.1) is 13.8 Å². The smallest absolute Gasteiger partial charge is 0.258 e. The number of aryl methyl sites for hydroxylation is 2. The van der Waals surface area contributed by atoms with Gasteiger partial charge in [0.25, 0.3) is 0 Å². The van der Waals surface area contributed by atoms with E-state index in [0.717, 1.165) is 22.8 Å². The van der Waals surface area contributed by atoms with Gasteiger partial charge in [0.15, 0.2) is 6.04 Å². The largest absolute Gasteiger partial charge is 0.359 e. The number of hydrogen-bond acceptors (Lipinski definition) is 5. The maximum absolute atomic E-state index is 13.6. The third-order valence-electron chi connectivity index (χ3n) is 6.49. The summed E-state index contributed by atoms with van der Waals surface area (Å²) in [5.74, 6) is 0.891. The van der Waals surface area contributed by atoms with E-state index in [1.165, 1.54) is 31.0 Å². The van der Waals surface area contributed by atoms with E-state index in [-0.39, 0.29) is 11.9 Å². The van der Waals surface area contributed by atoms with Crippen LogP contribution in [0.4, 0.5) is 5.82 Å². The molecular weight excluding hydrogens is 458 g/mol. The molecule has 5 aromatic rings. The molecule has 1 aliphatic rings. The molecule has 1 atom stereocenters. The van der Waals surface area contributed by atoms with Gasteiger partial charge in [-0.15, -0.1) is 22.7 Å². The van der Waals surface area contributed by atoms with Gasteiger partial charge in [0.2, 0.25) is 0 Å². The van der Waals surface area contributed by atoms with Crippen molar-refractivity contribution in [1.29, 1.82) is 0 Å². The number of benzene rings is 2. The van der Waals surface area contributed by atoms with Crippen molar-refractivity contribution in [3.05, 3.63) is 99.5 Å². The third kappa shape index (κ3) is 3.63. The molecule has 4 nitrogen and oxygen atoms in total. The summed E-state index contributed by atoms with van der Waals surface area (Å²) in [7, 11) is 0. The van der Waals surface area contributed by atoms with Crippen molar-refractivity contribution >= 4 is 43.8 Å². The highest BCUT2D eigenvalue weighted by Crippen LogP contribution is 2.38. The lowest BCUT2D eigenvalue weighted by Gasteiger charge is -2.07. The Morgan fingerprint density at radius 2 is 1.76 bits per heavy atom. The minimum Gasteiger partial charge on any atom is -0.258 e. The SMILES string of the molecule is Cc1csc2sc(CC3Nc4c(Cc5ccccc5)nc(-c5ccccc5)c[n+]4C3=O)c(C)c12.